The maximum absolute atomic E-state index is 14.0. The molecule has 0 spiro atoms. The van der Waals surface area contributed by atoms with E-state index in [-0.39, 0.29) is 33.7 Å². The number of rotatable bonds is 4. The normalized spacial score (nSPS) is 11.2. The highest BCUT2D eigenvalue weighted by Gasteiger charge is 2.19. The molecule has 152 valence electrons. The first-order valence-electron chi connectivity index (χ1n) is 9.09. The Labute approximate surface area is 173 Å². The number of nitrogens with one attached hydrogen (secondary N) is 1. The topological polar surface area (TPSA) is 76.9 Å². The summed E-state index contributed by atoms with van der Waals surface area (Å²) in [4.78, 5) is 29.7. The third-order valence-corrected chi connectivity index (χ3v) is 5.22. The summed E-state index contributed by atoms with van der Waals surface area (Å²) in [5.41, 5.74) is 0.00352. The SMILES string of the molecule is CC(C)n1nc(C(=O)Nc2nc(-c3cc(F)ccc3F)cs2)c2ccccc2c1=O. The number of hydrogen-bond donors (Lipinski definition) is 1. The van der Waals surface area contributed by atoms with Crippen LogP contribution in [0.4, 0.5) is 13.9 Å². The van der Waals surface area contributed by atoms with Crippen molar-refractivity contribution in [1.29, 1.82) is 0 Å². The molecular weight excluding hydrogens is 410 g/mol. The Kier molecular flexibility index (Phi) is 5.13. The van der Waals surface area contributed by atoms with Crippen LogP contribution in [0.15, 0.2) is 52.6 Å². The van der Waals surface area contributed by atoms with E-state index in [1.807, 2.05) is 0 Å². The lowest BCUT2D eigenvalue weighted by molar-refractivity contribution is 0.102. The summed E-state index contributed by atoms with van der Waals surface area (Å²) in [6, 6.07) is 9.58. The number of nitrogens with zero attached hydrogens (tertiary/aromatic N) is 3. The van der Waals surface area contributed by atoms with E-state index in [9.17, 15) is 18.4 Å². The van der Waals surface area contributed by atoms with E-state index in [1.165, 1.54) is 10.1 Å². The smallest absolute Gasteiger partial charge is 0.278 e. The van der Waals surface area contributed by atoms with Crippen molar-refractivity contribution >= 4 is 33.1 Å². The third kappa shape index (κ3) is 3.59. The molecule has 0 fully saturated rings. The molecule has 9 heteroatoms. The average molecular weight is 426 g/mol. The minimum atomic E-state index is -0.615. The van der Waals surface area contributed by atoms with Crippen LogP contribution in [0.3, 0.4) is 0 Å². The lowest BCUT2D eigenvalue weighted by atomic mass is 10.1. The third-order valence-electron chi connectivity index (χ3n) is 4.46. The first-order valence-corrected chi connectivity index (χ1v) is 9.97. The Balaban J connectivity index is 1.71. The zero-order valence-electron chi connectivity index (χ0n) is 16.0. The van der Waals surface area contributed by atoms with E-state index in [0.717, 1.165) is 29.5 Å². The van der Waals surface area contributed by atoms with Gasteiger partial charge in [0.15, 0.2) is 10.8 Å². The first-order chi connectivity index (χ1) is 14.3. The molecule has 0 unspecified atom stereocenters. The summed E-state index contributed by atoms with van der Waals surface area (Å²) in [5, 5.41) is 9.41. The number of hydrogen-bond acceptors (Lipinski definition) is 5. The summed E-state index contributed by atoms with van der Waals surface area (Å²) in [6.07, 6.45) is 0. The van der Waals surface area contributed by atoms with Gasteiger partial charge in [-0.3, -0.25) is 14.9 Å². The van der Waals surface area contributed by atoms with E-state index in [1.54, 1.807) is 38.1 Å². The monoisotopic (exact) mass is 426 g/mol. The van der Waals surface area contributed by atoms with E-state index < -0.39 is 17.5 Å². The van der Waals surface area contributed by atoms with Gasteiger partial charge in [-0.2, -0.15) is 5.10 Å². The molecule has 0 saturated carbocycles. The number of aromatic nitrogens is 3. The molecular formula is C21H16F2N4O2S. The maximum Gasteiger partial charge on any atom is 0.278 e. The second-order valence-corrected chi connectivity index (χ2v) is 7.71. The van der Waals surface area contributed by atoms with Crippen molar-refractivity contribution < 1.29 is 13.6 Å². The molecule has 4 rings (SSSR count). The first kappa shape index (κ1) is 19.8. The second kappa shape index (κ2) is 7.75. The van der Waals surface area contributed by atoms with Crippen LogP contribution in [0.2, 0.25) is 0 Å². The van der Waals surface area contributed by atoms with Gasteiger partial charge in [0, 0.05) is 16.3 Å². The zero-order chi connectivity index (χ0) is 21.4. The molecule has 1 N–H and O–H groups in total. The van der Waals surface area contributed by atoms with Gasteiger partial charge in [-0.25, -0.2) is 18.4 Å². The number of benzene rings is 2. The number of amides is 1. The Hall–Kier alpha value is -3.46. The molecule has 0 aliphatic carbocycles. The number of carbonyl (C=O) groups is 1. The van der Waals surface area contributed by atoms with Crippen molar-refractivity contribution in [2.75, 3.05) is 5.32 Å². The molecule has 30 heavy (non-hydrogen) atoms. The van der Waals surface area contributed by atoms with E-state index in [2.05, 4.69) is 15.4 Å². The number of thiazole rings is 1. The Morgan fingerprint density at radius 1 is 1.13 bits per heavy atom. The number of carbonyl (C=O) groups excluding carboxylic acids is 1. The van der Waals surface area contributed by atoms with E-state index in [0.29, 0.717) is 10.8 Å². The van der Waals surface area contributed by atoms with Gasteiger partial charge in [0.25, 0.3) is 11.5 Å². The lowest BCUT2D eigenvalue weighted by Gasteiger charge is -2.12. The quantitative estimate of drug-likeness (QED) is 0.516. The van der Waals surface area contributed by atoms with Crippen molar-refractivity contribution in [3.8, 4) is 11.3 Å². The fourth-order valence-electron chi connectivity index (χ4n) is 3.03. The molecule has 2 heterocycles. The fraction of sp³-hybridized carbons (Fsp3) is 0.143. The highest BCUT2D eigenvalue weighted by molar-refractivity contribution is 7.14. The van der Waals surface area contributed by atoms with Gasteiger partial charge in [0.05, 0.1) is 17.1 Å². The minimum absolute atomic E-state index is 0.00341. The molecule has 0 bridgehead atoms. The number of halogens is 2. The molecule has 0 saturated heterocycles. The van der Waals surface area contributed by atoms with Gasteiger partial charge in [-0.05, 0) is 38.1 Å². The predicted molar refractivity (Wildman–Crippen MR) is 112 cm³/mol. The maximum atomic E-state index is 14.0. The number of fused-ring (bicyclic) bond motifs is 1. The summed E-state index contributed by atoms with van der Waals surface area (Å²) < 4.78 is 28.7. The molecule has 0 radical (unpaired) electrons. The van der Waals surface area contributed by atoms with Crippen LogP contribution >= 0.6 is 11.3 Å². The highest BCUT2D eigenvalue weighted by Crippen LogP contribution is 2.28. The van der Waals surface area contributed by atoms with Crippen LogP contribution in [0.5, 0.6) is 0 Å². The van der Waals surface area contributed by atoms with Crippen LogP contribution in [0.1, 0.15) is 30.4 Å². The Bertz CT molecular complexity index is 1330. The van der Waals surface area contributed by atoms with Crippen LogP contribution < -0.4 is 10.9 Å². The van der Waals surface area contributed by atoms with Gasteiger partial charge in [0.1, 0.15) is 11.6 Å². The highest BCUT2D eigenvalue weighted by atomic mass is 32.1. The van der Waals surface area contributed by atoms with Crippen LogP contribution in [-0.2, 0) is 0 Å². The second-order valence-electron chi connectivity index (χ2n) is 6.85. The standard InChI is InChI=1S/C21H16F2N4O2S/c1-11(2)27-20(29)14-6-4-3-5-13(14)18(26-27)19(28)25-21-24-17(10-30-21)15-9-12(22)7-8-16(15)23/h3-11H,1-2H3,(H,24,25,28). The molecule has 2 aromatic carbocycles. The molecule has 0 aliphatic heterocycles. The predicted octanol–water partition coefficient (Wildman–Crippen LogP) is 4.63. The van der Waals surface area contributed by atoms with Gasteiger partial charge >= 0.3 is 0 Å². The van der Waals surface area contributed by atoms with Gasteiger partial charge in [-0.1, -0.05) is 18.2 Å². The average Bonchev–Trinajstić information content (AvgIpc) is 3.18. The largest absolute Gasteiger partial charge is 0.296 e. The molecule has 0 aliphatic rings. The van der Waals surface area contributed by atoms with Crippen molar-refractivity contribution in [1.82, 2.24) is 14.8 Å². The molecule has 6 nitrogen and oxygen atoms in total. The van der Waals surface area contributed by atoms with Gasteiger partial charge in [0.2, 0.25) is 0 Å². The van der Waals surface area contributed by atoms with Gasteiger partial charge < -0.3 is 0 Å². The van der Waals surface area contributed by atoms with E-state index in [4.69, 9.17) is 0 Å². The van der Waals surface area contributed by atoms with Crippen molar-refractivity contribution in [2.45, 2.75) is 19.9 Å². The van der Waals surface area contributed by atoms with Crippen molar-refractivity contribution in [3.63, 3.8) is 0 Å². The van der Waals surface area contributed by atoms with Crippen molar-refractivity contribution in [3.05, 3.63) is 75.5 Å². The molecule has 1 amide bonds. The zero-order valence-corrected chi connectivity index (χ0v) is 16.8. The fourth-order valence-corrected chi connectivity index (χ4v) is 3.73. The van der Waals surface area contributed by atoms with Crippen LogP contribution in [0, 0.1) is 11.6 Å². The molecule has 4 aromatic rings. The number of anilines is 1. The van der Waals surface area contributed by atoms with Crippen LogP contribution in [0.25, 0.3) is 22.0 Å². The van der Waals surface area contributed by atoms with E-state index >= 15 is 0 Å². The summed E-state index contributed by atoms with van der Waals surface area (Å²) >= 11 is 1.07. The van der Waals surface area contributed by atoms with Crippen LogP contribution in [-0.4, -0.2) is 20.7 Å². The molecule has 0 atom stereocenters. The summed E-state index contributed by atoms with van der Waals surface area (Å²) in [7, 11) is 0. The Morgan fingerprint density at radius 2 is 1.87 bits per heavy atom. The Morgan fingerprint density at radius 3 is 2.60 bits per heavy atom. The minimum Gasteiger partial charge on any atom is -0.296 e. The van der Waals surface area contributed by atoms with Crippen molar-refractivity contribution in [2.24, 2.45) is 0 Å². The summed E-state index contributed by atoms with van der Waals surface area (Å²) in [5.74, 6) is -1.76. The lowest BCUT2D eigenvalue weighted by Crippen LogP contribution is -2.28. The summed E-state index contributed by atoms with van der Waals surface area (Å²) in [6.45, 7) is 3.59. The molecule has 2 aromatic heterocycles. The van der Waals surface area contributed by atoms with Gasteiger partial charge in [-0.15, -0.1) is 11.3 Å².